The van der Waals surface area contributed by atoms with Crippen LogP contribution in [0.2, 0.25) is 0 Å². The Morgan fingerprint density at radius 3 is 2.60 bits per heavy atom. The van der Waals surface area contributed by atoms with Crippen LogP contribution in [-0.2, 0) is 5.75 Å². The van der Waals surface area contributed by atoms with Crippen molar-refractivity contribution in [2.45, 2.75) is 10.9 Å². The van der Waals surface area contributed by atoms with E-state index in [-0.39, 0.29) is 5.82 Å². The SMILES string of the molecule is Fc1ccc(-c2cnc(SCc3cc(-c4ccccc4)on3)[nH]2)cc1. The molecular weight excluding hydrogens is 337 g/mol. The van der Waals surface area contributed by atoms with Gasteiger partial charge in [0.2, 0.25) is 0 Å². The normalized spacial score (nSPS) is 10.9. The summed E-state index contributed by atoms with van der Waals surface area (Å²) in [5, 5.41) is 4.88. The van der Waals surface area contributed by atoms with Crippen molar-refractivity contribution in [3.05, 3.63) is 78.4 Å². The largest absolute Gasteiger partial charge is 0.356 e. The monoisotopic (exact) mass is 351 g/mol. The fourth-order valence-corrected chi connectivity index (χ4v) is 3.14. The van der Waals surface area contributed by atoms with Gasteiger partial charge in [0.1, 0.15) is 5.82 Å². The molecule has 124 valence electrons. The van der Waals surface area contributed by atoms with Gasteiger partial charge in [0.15, 0.2) is 10.9 Å². The molecule has 6 heteroatoms. The first kappa shape index (κ1) is 15.7. The van der Waals surface area contributed by atoms with Crippen molar-refractivity contribution in [2.75, 3.05) is 0 Å². The van der Waals surface area contributed by atoms with Crippen molar-refractivity contribution in [2.24, 2.45) is 0 Å². The first-order valence-electron chi connectivity index (χ1n) is 7.73. The third-order valence-electron chi connectivity index (χ3n) is 3.68. The molecule has 25 heavy (non-hydrogen) atoms. The Bertz CT molecular complexity index is 964. The Hall–Kier alpha value is -2.86. The average Bonchev–Trinajstić information content (AvgIpc) is 3.31. The Morgan fingerprint density at radius 2 is 1.80 bits per heavy atom. The summed E-state index contributed by atoms with van der Waals surface area (Å²) >= 11 is 1.54. The van der Waals surface area contributed by atoms with Crippen LogP contribution in [0.1, 0.15) is 5.69 Å². The zero-order chi connectivity index (χ0) is 17.1. The molecule has 0 aliphatic rings. The maximum atomic E-state index is 13.0. The minimum atomic E-state index is -0.252. The van der Waals surface area contributed by atoms with Crippen LogP contribution in [0.15, 0.2) is 76.5 Å². The van der Waals surface area contributed by atoms with Gasteiger partial charge in [-0.25, -0.2) is 9.37 Å². The number of thioether (sulfide) groups is 1. The number of halogens is 1. The lowest BCUT2D eigenvalue weighted by molar-refractivity contribution is 0.426. The predicted octanol–water partition coefficient (Wildman–Crippen LogP) is 5.16. The minimum Gasteiger partial charge on any atom is -0.356 e. The number of nitrogens with one attached hydrogen (secondary N) is 1. The van der Waals surface area contributed by atoms with Crippen LogP contribution in [0.25, 0.3) is 22.6 Å². The molecular formula is C19H14FN3OS. The van der Waals surface area contributed by atoms with E-state index >= 15 is 0 Å². The van der Waals surface area contributed by atoms with E-state index in [0.29, 0.717) is 5.75 Å². The molecule has 2 heterocycles. The number of hydrogen-bond donors (Lipinski definition) is 1. The molecule has 4 rings (SSSR count). The molecule has 0 fully saturated rings. The van der Waals surface area contributed by atoms with E-state index < -0.39 is 0 Å². The van der Waals surface area contributed by atoms with E-state index in [0.717, 1.165) is 33.4 Å². The molecule has 4 aromatic rings. The lowest BCUT2D eigenvalue weighted by Crippen LogP contribution is -1.82. The van der Waals surface area contributed by atoms with Gasteiger partial charge < -0.3 is 9.51 Å². The van der Waals surface area contributed by atoms with Crippen molar-refractivity contribution < 1.29 is 8.91 Å². The molecule has 2 aromatic heterocycles. The molecule has 0 atom stereocenters. The second-order valence-corrected chi connectivity index (χ2v) is 6.41. The van der Waals surface area contributed by atoms with Gasteiger partial charge in [-0.3, -0.25) is 0 Å². The van der Waals surface area contributed by atoms with Crippen molar-refractivity contribution in [1.82, 2.24) is 15.1 Å². The molecule has 0 spiro atoms. The third kappa shape index (κ3) is 3.64. The van der Waals surface area contributed by atoms with Crippen molar-refractivity contribution >= 4 is 11.8 Å². The van der Waals surface area contributed by atoms with Crippen LogP contribution in [0.3, 0.4) is 0 Å². The molecule has 0 bridgehead atoms. The van der Waals surface area contributed by atoms with Crippen LogP contribution >= 0.6 is 11.8 Å². The van der Waals surface area contributed by atoms with Gasteiger partial charge in [-0.2, -0.15) is 0 Å². The van der Waals surface area contributed by atoms with E-state index in [2.05, 4.69) is 15.1 Å². The van der Waals surface area contributed by atoms with Gasteiger partial charge >= 0.3 is 0 Å². The maximum absolute atomic E-state index is 13.0. The van der Waals surface area contributed by atoms with Gasteiger partial charge in [0.05, 0.1) is 17.6 Å². The van der Waals surface area contributed by atoms with Gasteiger partial charge in [-0.05, 0) is 29.8 Å². The number of aromatic amines is 1. The number of aromatic nitrogens is 3. The van der Waals surface area contributed by atoms with Crippen molar-refractivity contribution in [3.8, 4) is 22.6 Å². The third-order valence-corrected chi connectivity index (χ3v) is 4.60. The number of rotatable bonds is 5. The number of H-pyrrole nitrogens is 1. The first-order valence-corrected chi connectivity index (χ1v) is 8.71. The lowest BCUT2D eigenvalue weighted by Gasteiger charge is -1.97. The molecule has 0 aliphatic carbocycles. The maximum Gasteiger partial charge on any atom is 0.167 e. The summed E-state index contributed by atoms with van der Waals surface area (Å²) in [5.74, 6) is 1.15. The smallest absolute Gasteiger partial charge is 0.167 e. The molecule has 2 aromatic carbocycles. The van der Waals surface area contributed by atoms with Gasteiger partial charge in [0.25, 0.3) is 0 Å². The standard InChI is InChI=1S/C19H14FN3OS/c20-15-8-6-13(7-9-15)17-11-21-19(22-17)25-12-16-10-18(24-23-16)14-4-2-1-3-5-14/h1-11H,12H2,(H,21,22). The van der Waals surface area contributed by atoms with Gasteiger partial charge in [0, 0.05) is 17.4 Å². The summed E-state index contributed by atoms with van der Waals surface area (Å²) < 4.78 is 18.4. The highest BCUT2D eigenvalue weighted by atomic mass is 32.2. The lowest BCUT2D eigenvalue weighted by atomic mass is 10.2. The number of benzene rings is 2. The highest BCUT2D eigenvalue weighted by molar-refractivity contribution is 7.98. The Kier molecular flexibility index (Phi) is 4.35. The summed E-state index contributed by atoms with van der Waals surface area (Å²) in [6.07, 6.45) is 1.74. The van der Waals surface area contributed by atoms with Crippen LogP contribution in [0, 0.1) is 5.82 Å². The van der Waals surface area contributed by atoms with Crippen molar-refractivity contribution in [3.63, 3.8) is 0 Å². The Morgan fingerprint density at radius 1 is 1.00 bits per heavy atom. The number of nitrogens with zero attached hydrogens (tertiary/aromatic N) is 2. The number of hydrogen-bond acceptors (Lipinski definition) is 4. The summed E-state index contributed by atoms with van der Waals surface area (Å²) in [5.41, 5.74) is 3.60. The average molecular weight is 351 g/mol. The van der Waals surface area contributed by atoms with Crippen molar-refractivity contribution in [1.29, 1.82) is 0 Å². The Balaban J connectivity index is 1.42. The van der Waals surface area contributed by atoms with E-state index in [9.17, 15) is 4.39 Å². The predicted molar refractivity (Wildman–Crippen MR) is 95.5 cm³/mol. The van der Waals surface area contributed by atoms with Crippen LogP contribution in [-0.4, -0.2) is 15.1 Å². The second kappa shape index (κ2) is 6.94. The topological polar surface area (TPSA) is 54.7 Å². The number of imidazole rings is 1. The first-order chi connectivity index (χ1) is 12.3. The summed E-state index contributed by atoms with van der Waals surface area (Å²) in [6, 6.07) is 18.1. The molecule has 0 aliphatic heterocycles. The van der Waals surface area contributed by atoms with Gasteiger partial charge in [-0.15, -0.1) is 0 Å². The second-order valence-electron chi connectivity index (χ2n) is 5.45. The Labute approximate surface area is 148 Å². The van der Waals surface area contributed by atoms with E-state index in [4.69, 9.17) is 4.52 Å². The zero-order valence-electron chi connectivity index (χ0n) is 13.1. The van der Waals surface area contributed by atoms with E-state index in [1.54, 1.807) is 18.3 Å². The summed E-state index contributed by atoms with van der Waals surface area (Å²) in [6.45, 7) is 0. The van der Waals surface area contributed by atoms with Crippen LogP contribution in [0.5, 0.6) is 0 Å². The molecule has 1 N–H and O–H groups in total. The quantitative estimate of drug-likeness (QED) is 0.504. The minimum absolute atomic E-state index is 0.252. The highest BCUT2D eigenvalue weighted by Crippen LogP contribution is 2.26. The highest BCUT2D eigenvalue weighted by Gasteiger charge is 2.09. The van der Waals surface area contributed by atoms with Gasteiger partial charge in [-0.1, -0.05) is 47.3 Å². The molecule has 0 saturated heterocycles. The van der Waals surface area contributed by atoms with Crippen LogP contribution < -0.4 is 0 Å². The fraction of sp³-hybridized carbons (Fsp3) is 0.0526. The fourth-order valence-electron chi connectivity index (χ4n) is 2.41. The molecule has 0 amide bonds. The summed E-state index contributed by atoms with van der Waals surface area (Å²) in [4.78, 5) is 7.58. The zero-order valence-corrected chi connectivity index (χ0v) is 14.0. The van der Waals surface area contributed by atoms with E-state index in [1.807, 2.05) is 36.4 Å². The van der Waals surface area contributed by atoms with Crippen LogP contribution in [0.4, 0.5) is 4.39 Å². The van der Waals surface area contributed by atoms with E-state index in [1.165, 1.54) is 23.9 Å². The molecule has 0 unspecified atom stereocenters. The molecule has 0 radical (unpaired) electrons. The molecule has 0 saturated carbocycles. The molecule has 4 nitrogen and oxygen atoms in total. The summed E-state index contributed by atoms with van der Waals surface area (Å²) in [7, 11) is 0.